The Bertz CT molecular complexity index is 985. The smallest absolute Gasteiger partial charge is 0.257 e. The number of amides is 1. The fourth-order valence-corrected chi connectivity index (χ4v) is 3.33. The van der Waals surface area contributed by atoms with Crippen LogP contribution in [-0.2, 0) is 6.54 Å². The fourth-order valence-electron chi connectivity index (χ4n) is 3.06. The van der Waals surface area contributed by atoms with Gasteiger partial charge < -0.3 is 9.80 Å². The SMILES string of the molecule is Cc1c(C(=O)N(CCN(C)C)Cc2cccc(F)c2)cnn1-c1ccc(Br)cc1. The van der Waals surface area contributed by atoms with E-state index < -0.39 is 0 Å². The Balaban J connectivity index is 1.87. The van der Waals surface area contributed by atoms with Crippen molar-refractivity contribution in [3.05, 3.63) is 81.8 Å². The van der Waals surface area contributed by atoms with E-state index in [9.17, 15) is 9.18 Å². The van der Waals surface area contributed by atoms with Crippen LogP contribution < -0.4 is 0 Å². The lowest BCUT2D eigenvalue weighted by Crippen LogP contribution is -2.36. The molecule has 0 aliphatic rings. The molecule has 0 radical (unpaired) electrons. The molecule has 29 heavy (non-hydrogen) atoms. The summed E-state index contributed by atoms with van der Waals surface area (Å²) in [6.07, 6.45) is 1.61. The van der Waals surface area contributed by atoms with Gasteiger partial charge in [0.1, 0.15) is 5.82 Å². The molecule has 0 saturated heterocycles. The van der Waals surface area contributed by atoms with Crippen molar-refractivity contribution in [3.8, 4) is 5.69 Å². The fraction of sp³-hybridized carbons (Fsp3) is 0.273. The normalized spacial score (nSPS) is 11.1. The molecule has 152 valence electrons. The first-order valence-electron chi connectivity index (χ1n) is 9.34. The summed E-state index contributed by atoms with van der Waals surface area (Å²) in [6, 6.07) is 14.1. The maximum atomic E-state index is 13.6. The van der Waals surface area contributed by atoms with Gasteiger partial charge in [0.2, 0.25) is 0 Å². The first-order chi connectivity index (χ1) is 13.8. The van der Waals surface area contributed by atoms with E-state index in [1.165, 1.54) is 12.1 Å². The molecule has 0 N–H and O–H groups in total. The molecule has 0 aliphatic heterocycles. The number of halogens is 2. The molecular formula is C22H24BrFN4O. The van der Waals surface area contributed by atoms with Crippen LogP contribution in [0.1, 0.15) is 21.6 Å². The molecule has 7 heteroatoms. The third-order valence-electron chi connectivity index (χ3n) is 4.68. The van der Waals surface area contributed by atoms with Gasteiger partial charge in [0.25, 0.3) is 5.91 Å². The molecule has 0 bridgehead atoms. The van der Waals surface area contributed by atoms with E-state index in [4.69, 9.17) is 0 Å². The monoisotopic (exact) mass is 458 g/mol. The molecule has 0 aliphatic carbocycles. The molecule has 1 amide bonds. The molecule has 3 aromatic rings. The minimum Gasteiger partial charge on any atom is -0.333 e. The standard InChI is InChI=1S/C22H24BrFN4O/c1-16-21(14-25-28(16)20-9-7-18(23)8-10-20)22(29)27(12-11-26(2)3)15-17-5-4-6-19(24)13-17/h4-10,13-14H,11-12,15H2,1-3H3. The number of carbonyl (C=O) groups excluding carboxylic acids is 1. The predicted octanol–water partition coefficient (Wildman–Crippen LogP) is 4.29. The highest BCUT2D eigenvalue weighted by atomic mass is 79.9. The molecule has 0 spiro atoms. The molecule has 0 unspecified atom stereocenters. The van der Waals surface area contributed by atoms with Crippen molar-refractivity contribution in [1.29, 1.82) is 0 Å². The molecule has 5 nitrogen and oxygen atoms in total. The lowest BCUT2D eigenvalue weighted by molar-refractivity contribution is 0.0731. The van der Waals surface area contributed by atoms with Gasteiger partial charge in [0.15, 0.2) is 0 Å². The van der Waals surface area contributed by atoms with E-state index >= 15 is 0 Å². The van der Waals surface area contributed by atoms with Gasteiger partial charge in [-0.15, -0.1) is 0 Å². The summed E-state index contributed by atoms with van der Waals surface area (Å²) in [5.41, 5.74) is 2.96. The minimum absolute atomic E-state index is 0.114. The number of hydrogen-bond acceptors (Lipinski definition) is 3. The van der Waals surface area contributed by atoms with Gasteiger partial charge in [0, 0.05) is 24.1 Å². The second kappa shape index (κ2) is 9.33. The number of benzene rings is 2. The summed E-state index contributed by atoms with van der Waals surface area (Å²) in [6.45, 7) is 3.47. The molecule has 1 aromatic heterocycles. The molecule has 2 aromatic carbocycles. The van der Waals surface area contributed by atoms with Crippen molar-refractivity contribution < 1.29 is 9.18 Å². The summed E-state index contributed by atoms with van der Waals surface area (Å²) in [5.74, 6) is -0.418. The zero-order chi connectivity index (χ0) is 21.0. The number of likely N-dealkylation sites (N-methyl/N-ethyl adjacent to an activating group) is 1. The number of hydrogen-bond donors (Lipinski definition) is 0. The van der Waals surface area contributed by atoms with Gasteiger partial charge >= 0.3 is 0 Å². The van der Waals surface area contributed by atoms with E-state index in [0.717, 1.165) is 21.4 Å². The topological polar surface area (TPSA) is 41.4 Å². The number of rotatable bonds is 7. The zero-order valence-corrected chi connectivity index (χ0v) is 18.4. The second-order valence-electron chi connectivity index (χ2n) is 7.19. The van der Waals surface area contributed by atoms with Crippen molar-refractivity contribution >= 4 is 21.8 Å². The highest BCUT2D eigenvalue weighted by molar-refractivity contribution is 9.10. The maximum Gasteiger partial charge on any atom is 0.257 e. The van der Waals surface area contributed by atoms with Crippen LogP contribution in [-0.4, -0.2) is 52.7 Å². The molecule has 0 fully saturated rings. The third-order valence-corrected chi connectivity index (χ3v) is 5.21. The molecule has 1 heterocycles. The Morgan fingerprint density at radius 1 is 1.14 bits per heavy atom. The number of nitrogens with zero attached hydrogens (tertiary/aromatic N) is 4. The molecule has 0 atom stereocenters. The van der Waals surface area contributed by atoms with Crippen LogP contribution in [0.15, 0.2) is 59.2 Å². The van der Waals surface area contributed by atoms with E-state index in [0.29, 0.717) is 25.2 Å². The molecular weight excluding hydrogens is 435 g/mol. The van der Waals surface area contributed by atoms with Crippen molar-refractivity contribution in [2.75, 3.05) is 27.2 Å². The van der Waals surface area contributed by atoms with Gasteiger partial charge in [-0.1, -0.05) is 28.1 Å². The zero-order valence-electron chi connectivity index (χ0n) is 16.8. The van der Waals surface area contributed by atoms with E-state index in [2.05, 4.69) is 21.0 Å². The van der Waals surface area contributed by atoms with Gasteiger partial charge in [-0.05, 0) is 63.0 Å². The Morgan fingerprint density at radius 2 is 1.86 bits per heavy atom. The summed E-state index contributed by atoms with van der Waals surface area (Å²) >= 11 is 3.43. The highest BCUT2D eigenvalue weighted by Crippen LogP contribution is 2.19. The number of carbonyl (C=O) groups is 1. The van der Waals surface area contributed by atoms with Gasteiger partial charge in [-0.25, -0.2) is 9.07 Å². The highest BCUT2D eigenvalue weighted by Gasteiger charge is 2.22. The van der Waals surface area contributed by atoms with Gasteiger partial charge in [0.05, 0.1) is 23.1 Å². The first kappa shape index (κ1) is 21.2. The van der Waals surface area contributed by atoms with Gasteiger partial charge in [-0.2, -0.15) is 5.10 Å². The van der Waals surface area contributed by atoms with E-state index in [1.54, 1.807) is 21.8 Å². The van der Waals surface area contributed by atoms with Crippen molar-refractivity contribution in [2.45, 2.75) is 13.5 Å². The summed E-state index contributed by atoms with van der Waals surface area (Å²) in [4.78, 5) is 17.1. The summed E-state index contributed by atoms with van der Waals surface area (Å²) < 4.78 is 16.3. The van der Waals surface area contributed by atoms with Crippen molar-refractivity contribution in [3.63, 3.8) is 0 Å². The predicted molar refractivity (Wildman–Crippen MR) is 116 cm³/mol. The molecule has 3 rings (SSSR count). The summed E-state index contributed by atoms with van der Waals surface area (Å²) in [7, 11) is 3.92. The van der Waals surface area contributed by atoms with Crippen LogP contribution >= 0.6 is 15.9 Å². The van der Waals surface area contributed by atoms with E-state index in [1.807, 2.05) is 56.3 Å². The average molecular weight is 459 g/mol. The van der Waals surface area contributed by atoms with Crippen molar-refractivity contribution in [2.24, 2.45) is 0 Å². The quantitative estimate of drug-likeness (QED) is 0.530. The Labute approximate surface area is 178 Å². The Morgan fingerprint density at radius 3 is 2.52 bits per heavy atom. The van der Waals surface area contributed by atoms with Crippen LogP contribution in [0, 0.1) is 12.7 Å². The van der Waals surface area contributed by atoms with Gasteiger partial charge in [-0.3, -0.25) is 4.79 Å². The average Bonchev–Trinajstić information content (AvgIpc) is 3.06. The van der Waals surface area contributed by atoms with E-state index in [-0.39, 0.29) is 11.7 Å². The maximum absolute atomic E-state index is 13.6. The van der Waals surface area contributed by atoms with Crippen LogP contribution in [0.5, 0.6) is 0 Å². The van der Waals surface area contributed by atoms with Crippen molar-refractivity contribution in [1.82, 2.24) is 19.6 Å². The Kier molecular flexibility index (Phi) is 6.82. The van der Waals surface area contributed by atoms with Crippen LogP contribution in [0.2, 0.25) is 0 Å². The molecule has 0 saturated carbocycles. The Hall–Kier alpha value is -2.51. The number of aromatic nitrogens is 2. The third kappa shape index (κ3) is 5.31. The second-order valence-corrected chi connectivity index (χ2v) is 8.11. The van der Waals surface area contributed by atoms with Crippen LogP contribution in [0.25, 0.3) is 5.69 Å². The largest absolute Gasteiger partial charge is 0.333 e. The lowest BCUT2D eigenvalue weighted by Gasteiger charge is -2.24. The van der Waals surface area contributed by atoms with Crippen LogP contribution in [0.3, 0.4) is 0 Å². The minimum atomic E-state index is -0.304. The van der Waals surface area contributed by atoms with Crippen LogP contribution in [0.4, 0.5) is 4.39 Å². The first-order valence-corrected chi connectivity index (χ1v) is 10.1. The lowest BCUT2D eigenvalue weighted by atomic mass is 10.1. The summed E-state index contributed by atoms with van der Waals surface area (Å²) in [5, 5.41) is 4.42.